The fourth-order valence-corrected chi connectivity index (χ4v) is 1.74. The predicted molar refractivity (Wildman–Crippen MR) is 52.4 cm³/mol. The Morgan fingerprint density at radius 2 is 2.21 bits per heavy atom. The van der Waals surface area contributed by atoms with Gasteiger partial charge in [-0.3, -0.25) is 4.79 Å². The fraction of sp³-hybridized carbons (Fsp3) is 0.727. The van der Waals surface area contributed by atoms with Crippen LogP contribution in [0.2, 0.25) is 0 Å². The van der Waals surface area contributed by atoms with Crippen LogP contribution in [0.4, 0.5) is 0 Å². The summed E-state index contributed by atoms with van der Waals surface area (Å²) in [5.74, 6) is 2.13. The standard InChI is InChI=1S/C11H16O3/c1-3-11(13)7-5-9(6-8-11)10(12)14-4-2/h1,9,13H,4-8H2,2H3/t9-,11-. The van der Waals surface area contributed by atoms with Gasteiger partial charge in [0.15, 0.2) is 0 Å². The molecule has 0 saturated heterocycles. The Bertz CT molecular complexity index is 244. The molecule has 0 bridgehead atoms. The van der Waals surface area contributed by atoms with Crippen LogP contribution in [0.25, 0.3) is 0 Å². The molecule has 1 rings (SSSR count). The average Bonchev–Trinajstić information content (AvgIpc) is 2.19. The quantitative estimate of drug-likeness (QED) is 0.531. The molecule has 14 heavy (non-hydrogen) atoms. The van der Waals surface area contributed by atoms with Crippen LogP contribution in [0.1, 0.15) is 32.6 Å². The van der Waals surface area contributed by atoms with E-state index in [-0.39, 0.29) is 11.9 Å². The van der Waals surface area contributed by atoms with Crippen LogP contribution in [0.15, 0.2) is 0 Å². The lowest BCUT2D eigenvalue weighted by Crippen LogP contribution is -2.35. The van der Waals surface area contributed by atoms with Crippen LogP contribution in [-0.2, 0) is 9.53 Å². The minimum absolute atomic E-state index is 0.0800. The highest BCUT2D eigenvalue weighted by Crippen LogP contribution is 2.32. The molecule has 0 unspecified atom stereocenters. The second-order valence-electron chi connectivity index (χ2n) is 3.70. The summed E-state index contributed by atoms with van der Waals surface area (Å²) in [6.45, 7) is 2.20. The third kappa shape index (κ3) is 2.49. The van der Waals surface area contributed by atoms with Crippen molar-refractivity contribution in [2.45, 2.75) is 38.2 Å². The molecule has 0 radical (unpaired) electrons. The molecule has 1 fully saturated rings. The van der Waals surface area contributed by atoms with Crippen molar-refractivity contribution in [3.8, 4) is 12.3 Å². The first kappa shape index (κ1) is 11.1. The van der Waals surface area contributed by atoms with E-state index in [4.69, 9.17) is 11.2 Å². The van der Waals surface area contributed by atoms with Gasteiger partial charge < -0.3 is 9.84 Å². The average molecular weight is 196 g/mol. The van der Waals surface area contributed by atoms with Crippen LogP contribution in [0, 0.1) is 18.3 Å². The molecule has 3 nitrogen and oxygen atoms in total. The van der Waals surface area contributed by atoms with E-state index in [1.54, 1.807) is 6.92 Å². The van der Waals surface area contributed by atoms with Gasteiger partial charge in [0.05, 0.1) is 12.5 Å². The van der Waals surface area contributed by atoms with E-state index in [9.17, 15) is 9.90 Å². The van der Waals surface area contributed by atoms with Gasteiger partial charge in [-0.15, -0.1) is 6.42 Å². The molecule has 0 aromatic carbocycles. The zero-order valence-corrected chi connectivity index (χ0v) is 8.45. The molecular formula is C11H16O3. The van der Waals surface area contributed by atoms with Gasteiger partial charge in [0.25, 0.3) is 0 Å². The number of carbonyl (C=O) groups excluding carboxylic acids is 1. The van der Waals surface area contributed by atoms with E-state index in [0.29, 0.717) is 32.3 Å². The van der Waals surface area contributed by atoms with E-state index < -0.39 is 5.60 Å². The van der Waals surface area contributed by atoms with Crippen molar-refractivity contribution in [3.05, 3.63) is 0 Å². The Kier molecular flexibility index (Phi) is 3.54. The second kappa shape index (κ2) is 4.47. The van der Waals surface area contributed by atoms with Crippen LogP contribution in [0.5, 0.6) is 0 Å². The Hall–Kier alpha value is -1.01. The Balaban J connectivity index is 2.44. The number of esters is 1. The summed E-state index contributed by atoms with van der Waals surface area (Å²) in [7, 11) is 0. The van der Waals surface area contributed by atoms with Crippen molar-refractivity contribution in [2.24, 2.45) is 5.92 Å². The van der Waals surface area contributed by atoms with E-state index in [1.165, 1.54) is 0 Å². The molecule has 0 aliphatic heterocycles. The Labute approximate surface area is 84.5 Å². The first-order valence-corrected chi connectivity index (χ1v) is 4.98. The molecule has 1 saturated carbocycles. The SMILES string of the molecule is C#C[C@]1(O)CC[C@H](C(=O)OCC)CC1. The fourth-order valence-electron chi connectivity index (χ4n) is 1.74. The summed E-state index contributed by atoms with van der Waals surface area (Å²) in [6, 6.07) is 0. The summed E-state index contributed by atoms with van der Waals surface area (Å²) in [5.41, 5.74) is -0.997. The summed E-state index contributed by atoms with van der Waals surface area (Å²) in [6.07, 6.45) is 7.44. The van der Waals surface area contributed by atoms with Crippen molar-refractivity contribution in [2.75, 3.05) is 6.61 Å². The molecule has 78 valence electrons. The number of hydrogen-bond acceptors (Lipinski definition) is 3. The third-order valence-corrected chi connectivity index (χ3v) is 2.70. The molecule has 0 atom stereocenters. The topological polar surface area (TPSA) is 46.5 Å². The van der Waals surface area contributed by atoms with Gasteiger partial charge in [-0.2, -0.15) is 0 Å². The van der Waals surface area contributed by atoms with Gasteiger partial charge in [0.2, 0.25) is 0 Å². The lowest BCUT2D eigenvalue weighted by atomic mass is 9.79. The van der Waals surface area contributed by atoms with Gasteiger partial charge in [0.1, 0.15) is 5.60 Å². The Morgan fingerprint density at radius 1 is 1.64 bits per heavy atom. The van der Waals surface area contributed by atoms with Gasteiger partial charge in [-0.05, 0) is 32.6 Å². The van der Waals surface area contributed by atoms with Crippen LogP contribution in [0.3, 0.4) is 0 Å². The number of hydrogen-bond donors (Lipinski definition) is 1. The summed E-state index contributed by atoms with van der Waals surface area (Å²) >= 11 is 0. The summed E-state index contributed by atoms with van der Waals surface area (Å²) in [5, 5.41) is 9.72. The third-order valence-electron chi connectivity index (χ3n) is 2.70. The first-order valence-electron chi connectivity index (χ1n) is 4.98. The predicted octanol–water partition coefficient (Wildman–Crippen LogP) is 1.10. The normalized spacial score (nSPS) is 31.9. The summed E-state index contributed by atoms with van der Waals surface area (Å²) < 4.78 is 4.91. The van der Waals surface area contributed by atoms with Crippen LogP contribution >= 0.6 is 0 Å². The monoisotopic (exact) mass is 196 g/mol. The molecule has 1 aliphatic carbocycles. The number of ether oxygens (including phenoxy) is 1. The maximum atomic E-state index is 11.3. The van der Waals surface area contributed by atoms with Gasteiger partial charge in [-0.25, -0.2) is 0 Å². The lowest BCUT2D eigenvalue weighted by molar-refractivity contribution is -0.150. The number of terminal acetylenes is 1. The molecule has 0 aromatic heterocycles. The first-order chi connectivity index (χ1) is 6.61. The van der Waals surface area contributed by atoms with Crippen LogP contribution in [-0.4, -0.2) is 23.3 Å². The molecule has 0 amide bonds. The van der Waals surface area contributed by atoms with Crippen molar-refractivity contribution >= 4 is 5.97 Å². The number of carbonyl (C=O) groups is 1. The van der Waals surface area contributed by atoms with Gasteiger partial charge >= 0.3 is 5.97 Å². The molecule has 1 aliphatic rings. The van der Waals surface area contributed by atoms with Crippen molar-refractivity contribution in [1.82, 2.24) is 0 Å². The maximum absolute atomic E-state index is 11.3. The van der Waals surface area contributed by atoms with Crippen molar-refractivity contribution in [1.29, 1.82) is 0 Å². The van der Waals surface area contributed by atoms with Crippen LogP contribution < -0.4 is 0 Å². The molecular weight excluding hydrogens is 180 g/mol. The highest BCUT2D eigenvalue weighted by atomic mass is 16.5. The minimum atomic E-state index is -0.997. The number of aliphatic hydroxyl groups is 1. The highest BCUT2D eigenvalue weighted by Gasteiger charge is 2.34. The van der Waals surface area contributed by atoms with Crippen molar-refractivity contribution < 1.29 is 14.6 Å². The summed E-state index contributed by atoms with van der Waals surface area (Å²) in [4.78, 5) is 11.3. The lowest BCUT2D eigenvalue weighted by Gasteiger charge is -2.30. The van der Waals surface area contributed by atoms with E-state index in [0.717, 1.165) is 0 Å². The molecule has 3 heteroatoms. The maximum Gasteiger partial charge on any atom is 0.308 e. The molecule has 0 aromatic rings. The second-order valence-corrected chi connectivity index (χ2v) is 3.70. The van der Waals surface area contributed by atoms with E-state index in [1.807, 2.05) is 0 Å². The zero-order valence-electron chi connectivity index (χ0n) is 8.45. The zero-order chi connectivity index (χ0) is 10.6. The largest absolute Gasteiger partial charge is 0.466 e. The molecule has 1 N–H and O–H groups in total. The minimum Gasteiger partial charge on any atom is -0.466 e. The van der Waals surface area contributed by atoms with E-state index >= 15 is 0 Å². The van der Waals surface area contributed by atoms with E-state index in [2.05, 4.69) is 5.92 Å². The van der Waals surface area contributed by atoms with Gasteiger partial charge in [-0.1, -0.05) is 5.92 Å². The highest BCUT2D eigenvalue weighted by molar-refractivity contribution is 5.72. The van der Waals surface area contributed by atoms with Gasteiger partial charge in [0, 0.05) is 0 Å². The molecule has 0 spiro atoms. The molecule has 0 heterocycles. The smallest absolute Gasteiger partial charge is 0.308 e. The Morgan fingerprint density at radius 3 is 2.64 bits per heavy atom. The number of rotatable bonds is 2. The van der Waals surface area contributed by atoms with Crippen molar-refractivity contribution in [3.63, 3.8) is 0 Å².